The Hall–Kier alpha value is -0.340. The van der Waals surface area contributed by atoms with E-state index in [9.17, 15) is 0 Å². The first-order chi connectivity index (χ1) is 16.9. The maximum atomic E-state index is 6.52. The van der Waals surface area contributed by atoms with Crippen LogP contribution in [0.5, 0.6) is 0 Å². The Morgan fingerprint density at radius 2 is 1.86 bits per heavy atom. The van der Waals surface area contributed by atoms with Crippen LogP contribution >= 0.6 is 0 Å². The minimum Gasteiger partial charge on any atom is -0.353 e. The van der Waals surface area contributed by atoms with Crippen molar-refractivity contribution >= 4 is 0 Å². The van der Waals surface area contributed by atoms with Gasteiger partial charge in [0.1, 0.15) is 0 Å². The third-order valence-corrected chi connectivity index (χ3v) is 12.1. The highest BCUT2D eigenvalue weighted by molar-refractivity contribution is 5.26. The van der Waals surface area contributed by atoms with Gasteiger partial charge >= 0.3 is 0 Å². The average molecular weight is 485 g/mol. The SMILES string of the molecule is CC[C@]12CC[C@H](OC3CCCCO3)CC1=CC[C@@H]1C2CC[C@@]2(C)C1CCC2[C@H](C)CCCC(C)C. The van der Waals surface area contributed by atoms with Crippen molar-refractivity contribution in [3.63, 3.8) is 0 Å². The van der Waals surface area contributed by atoms with Gasteiger partial charge in [-0.15, -0.1) is 0 Å². The Morgan fingerprint density at radius 3 is 2.60 bits per heavy atom. The van der Waals surface area contributed by atoms with Crippen LogP contribution in [-0.4, -0.2) is 19.0 Å². The van der Waals surface area contributed by atoms with E-state index < -0.39 is 0 Å². The summed E-state index contributed by atoms with van der Waals surface area (Å²) in [7, 11) is 0. The lowest BCUT2D eigenvalue weighted by atomic mass is 9.46. The van der Waals surface area contributed by atoms with Crippen molar-refractivity contribution in [1.82, 2.24) is 0 Å². The molecule has 2 nitrogen and oxygen atoms in total. The van der Waals surface area contributed by atoms with Gasteiger partial charge in [0.15, 0.2) is 6.29 Å². The molecule has 0 spiro atoms. The van der Waals surface area contributed by atoms with Crippen LogP contribution in [0, 0.1) is 46.3 Å². The van der Waals surface area contributed by atoms with Gasteiger partial charge in [0.2, 0.25) is 0 Å². The molecule has 1 saturated heterocycles. The Morgan fingerprint density at radius 1 is 1.00 bits per heavy atom. The van der Waals surface area contributed by atoms with Crippen molar-refractivity contribution in [1.29, 1.82) is 0 Å². The maximum absolute atomic E-state index is 6.52. The molecule has 4 unspecified atom stereocenters. The zero-order valence-electron chi connectivity index (χ0n) is 23.8. The minimum absolute atomic E-state index is 0.0631. The molecule has 5 aliphatic rings. The normalized spacial score (nSPS) is 44.3. The van der Waals surface area contributed by atoms with Gasteiger partial charge < -0.3 is 9.47 Å². The van der Waals surface area contributed by atoms with Crippen molar-refractivity contribution in [3.05, 3.63) is 11.6 Å². The van der Waals surface area contributed by atoms with Crippen LogP contribution in [-0.2, 0) is 9.47 Å². The van der Waals surface area contributed by atoms with E-state index >= 15 is 0 Å². The molecule has 0 bridgehead atoms. The molecule has 9 atom stereocenters. The number of ether oxygens (including phenoxy) is 2. The lowest BCUT2D eigenvalue weighted by molar-refractivity contribution is -0.195. The van der Waals surface area contributed by atoms with E-state index in [1.54, 1.807) is 5.57 Å². The van der Waals surface area contributed by atoms with Gasteiger partial charge in [-0.1, -0.05) is 65.5 Å². The van der Waals surface area contributed by atoms with Gasteiger partial charge in [0.05, 0.1) is 6.10 Å². The predicted octanol–water partition coefficient (Wildman–Crippen LogP) is 9.33. The van der Waals surface area contributed by atoms with Crippen molar-refractivity contribution < 1.29 is 9.47 Å². The molecule has 4 fully saturated rings. The summed E-state index contributed by atoms with van der Waals surface area (Å²) < 4.78 is 12.5. The van der Waals surface area contributed by atoms with Gasteiger partial charge in [-0.05, 0) is 123 Å². The zero-order valence-corrected chi connectivity index (χ0v) is 23.8. The lowest BCUT2D eigenvalue weighted by Crippen LogP contribution is -2.52. The third-order valence-electron chi connectivity index (χ3n) is 12.1. The van der Waals surface area contributed by atoms with Gasteiger partial charge in [0.25, 0.3) is 0 Å². The second-order valence-corrected chi connectivity index (χ2v) is 14.2. The summed E-state index contributed by atoms with van der Waals surface area (Å²) in [6, 6.07) is 0. The van der Waals surface area contributed by atoms with E-state index in [-0.39, 0.29) is 6.29 Å². The molecule has 1 heterocycles. The largest absolute Gasteiger partial charge is 0.353 e. The summed E-state index contributed by atoms with van der Waals surface area (Å²) in [6.45, 7) is 13.5. The van der Waals surface area contributed by atoms with E-state index in [2.05, 4.69) is 40.7 Å². The van der Waals surface area contributed by atoms with Crippen LogP contribution in [0.15, 0.2) is 11.6 Å². The molecule has 200 valence electrons. The topological polar surface area (TPSA) is 18.5 Å². The summed E-state index contributed by atoms with van der Waals surface area (Å²) in [5.41, 5.74) is 2.85. The van der Waals surface area contributed by atoms with Crippen molar-refractivity contribution in [2.24, 2.45) is 46.3 Å². The smallest absolute Gasteiger partial charge is 0.157 e. The first kappa shape index (κ1) is 26.3. The molecule has 5 rings (SSSR count). The molecule has 2 heteroatoms. The highest BCUT2D eigenvalue weighted by atomic mass is 16.7. The molecule has 0 aromatic rings. The van der Waals surface area contributed by atoms with Crippen LogP contribution in [0.2, 0.25) is 0 Å². The van der Waals surface area contributed by atoms with Crippen molar-refractivity contribution in [2.75, 3.05) is 6.61 Å². The van der Waals surface area contributed by atoms with Crippen molar-refractivity contribution in [3.8, 4) is 0 Å². The number of hydrogen-bond donors (Lipinski definition) is 0. The number of hydrogen-bond acceptors (Lipinski definition) is 2. The summed E-state index contributed by atoms with van der Waals surface area (Å²) in [4.78, 5) is 0. The molecule has 0 radical (unpaired) electrons. The number of allylic oxidation sites excluding steroid dienone is 1. The Kier molecular flexibility index (Phi) is 8.11. The number of fused-ring (bicyclic) bond motifs is 5. The van der Waals surface area contributed by atoms with Crippen LogP contribution in [0.25, 0.3) is 0 Å². The van der Waals surface area contributed by atoms with Crippen LogP contribution in [0.4, 0.5) is 0 Å². The fraction of sp³-hybridized carbons (Fsp3) is 0.939. The number of rotatable bonds is 8. The molecular weight excluding hydrogens is 428 g/mol. The fourth-order valence-electron chi connectivity index (χ4n) is 10.3. The Labute approximate surface area is 217 Å². The summed E-state index contributed by atoms with van der Waals surface area (Å²) in [5, 5.41) is 0. The first-order valence-electron chi connectivity index (χ1n) is 15.8. The molecule has 0 aromatic heterocycles. The van der Waals surface area contributed by atoms with E-state index in [0.29, 0.717) is 16.9 Å². The summed E-state index contributed by atoms with van der Waals surface area (Å²) >= 11 is 0. The minimum atomic E-state index is 0.0631. The Bertz CT molecular complexity index is 735. The highest BCUT2D eigenvalue weighted by Crippen LogP contribution is 2.68. The van der Waals surface area contributed by atoms with Gasteiger partial charge in [-0.2, -0.15) is 0 Å². The van der Waals surface area contributed by atoms with Crippen molar-refractivity contribution in [2.45, 2.75) is 143 Å². The lowest BCUT2D eigenvalue weighted by Gasteiger charge is -2.59. The standard InChI is InChI=1S/C33H56O2/c1-6-33-20-17-26(35-31-12-7-8-21-34-31)22-25(33)13-14-27-29-16-15-28(24(4)11-9-10-23(2)3)32(29,5)19-18-30(27)33/h13,23-24,26-31H,6-12,14-22H2,1-5H3/t24-,26+,27+,28?,29?,30?,31?,32-,33+/m1/s1. The molecule has 0 amide bonds. The molecule has 1 aliphatic heterocycles. The zero-order chi connectivity index (χ0) is 24.6. The van der Waals surface area contributed by atoms with Gasteiger partial charge in [0, 0.05) is 6.61 Å². The Balaban J connectivity index is 1.27. The first-order valence-corrected chi connectivity index (χ1v) is 15.8. The van der Waals surface area contributed by atoms with Gasteiger partial charge in [-0.3, -0.25) is 0 Å². The van der Waals surface area contributed by atoms with Crippen LogP contribution in [0.1, 0.15) is 131 Å². The summed E-state index contributed by atoms with van der Waals surface area (Å²) in [5.74, 6) is 5.54. The van der Waals surface area contributed by atoms with E-state index in [1.165, 1.54) is 89.9 Å². The third kappa shape index (κ3) is 4.94. The van der Waals surface area contributed by atoms with Crippen LogP contribution in [0.3, 0.4) is 0 Å². The molecule has 0 aromatic carbocycles. The van der Waals surface area contributed by atoms with E-state index in [4.69, 9.17) is 9.47 Å². The monoisotopic (exact) mass is 484 g/mol. The highest BCUT2D eigenvalue weighted by Gasteiger charge is 2.59. The van der Waals surface area contributed by atoms with Gasteiger partial charge in [-0.25, -0.2) is 0 Å². The predicted molar refractivity (Wildman–Crippen MR) is 146 cm³/mol. The summed E-state index contributed by atoms with van der Waals surface area (Å²) in [6.07, 6.45) is 23.5. The maximum Gasteiger partial charge on any atom is 0.157 e. The quantitative estimate of drug-likeness (QED) is 0.319. The molecule has 35 heavy (non-hydrogen) atoms. The fourth-order valence-corrected chi connectivity index (χ4v) is 10.3. The second kappa shape index (κ2) is 10.8. The molecular formula is C33H56O2. The average Bonchev–Trinajstić information content (AvgIpc) is 3.21. The molecule has 4 aliphatic carbocycles. The molecule has 0 N–H and O–H groups in total. The van der Waals surface area contributed by atoms with E-state index in [0.717, 1.165) is 48.5 Å². The van der Waals surface area contributed by atoms with Crippen LogP contribution < -0.4 is 0 Å². The van der Waals surface area contributed by atoms with E-state index in [1.807, 2.05) is 0 Å². The molecule has 3 saturated carbocycles. The second-order valence-electron chi connectivity index (χ2n) is 14.2.